The van der Waals surface area contributed by atoms with E-state index in [0.717, 1.165) is 0 Å². The van der Waals surface area contributed by atoms with Gasteiger partial charge < -0.3 is 10.2 Å². The zero-order valence-corrected chi connectivity index (χ0v) is 10.9. The number of hydrogen-bond acceptors (Lipinski definition) is 3. The Morgan fingerprint density at radius 2 is 2.11 bits per heavy atom. The molecule has 5 nitrogen and oxygen atoms in total. The average Bonchev–Trinajstić information content (AvgIpc) is 2.68. The summed E-state index contributed by atoms with van der Waals surface area (Å²) in [5, 5.41) is 11.3. The van der Waals surface area contributed by atoms with Crippen molar-refractivity contribution in [3.63, 3.8) is 0 Å². The van der Waals surface area contributed by atoms with Gasteiger partial charge in [0.2, 0.25) is 17.5 Å². The van der Waals surface area contributed by atoms with Gasteiger partial charge in [-0.2, -0.15) is 5.26 Å². The van der Waals surface area contributed by atoms with Crippen molar-refractivity contribution in [2.45, 2.75) is 38.9 Å². The first-order valence-corrected chi connectivity index (χ1v) is 5.95. The van der Waals surface area contributed by atoms with Gasteiger partial charge in [-0.25, -0.2) is 4.39 Å². The van der Waals surface area contributed by atoms with Crippen LogP contribution in [0.2, 0.25) is 0 Å². The quantitative estimate of drug-likeness (QED) is 0.803. The molecule has 1 N–H and O–H groups in total. The highest BCUT2D eigenvalue weighted by atomic mass is 19.1. The van der Waals surface area contributed by atoms with Crippen molar-refractivity contribution >= 4 is 11.8 Å². The number of halogens is 1. The van der Waals surface area contributed by atoms with Gasteiger partial charge in [0.25, 0.3) is 0 Å². The molecule has 1 saturated heterocycles. The van der Waals surface area contributed by atoms with Gasteiger partial charge in [-0.05, 0) is 5.92 Å². The summed E-state index contributed by atoms with van der Waals surface area (Å²) in [5.41, 5.74) is -1.95. The van der Waals surface area contributed by atoms with E-state index in [1.165, 1.54) is 11.8 Å². The molecule has 6 heteroatoms. The molecule has 2 unspecified atom stereocenters. The summed E-state index contributed by atoms with van der Waals surface area (Å²) in [6, 6.07) is 0.923. The van der Waals surface area contributed by atoms with Crippen LogP contribution in [0.5, 0.6) is 0 Å². The summed E-state index contributed by atoms with van der Waals surface area (Å²) in [5.74, 6) is -0.707. The van der Waals surface area contributed by atoms with Crippen molar-refractivity contribution in [2.75, 3.05) is 13.1 Å². The Kier molecular flexibility index (Phi) is 4.28. The van der Waals surface area contributed by atoms with Crippen molar-refractivity contribution in [3.05, 3.63) is 0 Å². The molecule has 0 spiro atoms. The fourth-order valence-electron chi connectivity index (χ4n) is 1.98. The number of nitrogens with one attached hydrogen (secondary N) is 1. The maximum absolute atomic E-state index is 13.7. The van der Waals surface area contributed by atoms with E-state index >= 15 is 0 Å². The van der Waals surface area contributed by atoms with Crippen LogP contribution in [0.25, 0.3) is 0 Å². The molecule has 0 aromatic carbocycles. The molecule has 1 heterocycles. The SMILES string of the molecule is CC(=O)NC(C(=O)N1CCC(F)(C#N)C1)C(C)C. The fourth-order valence-corrected chi connectivity index (χ4v) is 1.98. The van der Waals surface area contributed by atoms with Crippen molar-refractivity contribution < 1.29 is 14.0 Å². The first-order valence-electron chi connectivity index (χ1n) is 5.95. The third kappa shape index (κ3) is 3.19. The molecule has 2 amide bonds. The van der Waals surface area contributed by atoms with Crippen LogP contribution in [0.4, 0.5) is 4.39 Å². The highest BCUT2D eigenvalue weighted by molar-refractivity contribution is 5.87. The maximum Gasteiger partial charge on any atom is 0.245 e. The highest BCUT2D eigenvalue weighted by Crippen LogP contribution is 2.25. The molecule has 0 bridgehead atoms. The zero-order chi connectivity index (χ0) is 13.9. The standard InChI is InChI=1S/C12H18FN3O2/c1-8(2)10(15-9(3)17)11(18)16-5-4-12(13,6-14)7-16/h8,10H,4-5,7H2,1-3H3,(H,15,17). The van der Waals surface area contributed by atoms with Crippen LogP contribution in [0.3, 0.4) is 0 Å². The Hall–Kier alpha value is -1.64. The van der Waals surface area contributed by atoms with Gasteiger partial charge >= 0.3 is 0 Å². The number of alkyl halides is 1. The van der Waals surface area contributed by atoms with E-state index in [1.54, 1.807) is 6.07 Å². The summed E-state index contributed by atoms with van der Waals surface area (Å²) < 4.78 is 13.7. The fraction of sp³-hybridized carbons (Fsp3) is 0.750. The topological polar surface area (TPSA) is 73.2 Å². The summed E-state index contributed by atoms with van der Waals surface area (Å²) in [6.07, 6.45) is 0.0279. The number of rotatable bonds is 3. The number of carbonyl (C=O) groups excluding carboxylic acids is 2. The first kappa shape index (κ1) is 14.4. The van der Waals surface area contributed by atoms with Crippen LogP contribution in [-0.4, -0.2) is 41.5 Å². The minimum absolute atomic E-state index is 0.0279. The molecule has 1 aliphatic rings. The minimum Gasteiger partial charge on any atom is -0.344 e. The third-order valence-corrected chi connectivity index (χ3v) is 3.02. The van der Waals surface area contributed by atoms with Gasteiger partial charge in [0, 0.05) is 19.9 Å². The second-order valence-electron chi connectivity index (χ2n) is 5.01. The van der Waals surface area contributed by atoms with Gasteiger partial charge in [-0.15, -0.1) is 0 Å². The minimum atomic E-state index is -1.95. The lowest BCUT2D eigenvalue weighted by Gasteiger charge is -2.26. The summed E-state index contributed by atoms with van der Waals surface area (Å²) in [7, 11) is 0. The number of nitrogens with zero attached hydrogens (tertiary/aromatic N) is 2. The van der Waals surface area contributed by atoms with Crippen molar-refractivity contribution in [3.8, 4) is 6.07 Å². The van der Waals surface area contributed by atoms with Crippen LogP contribution in [0.1, 0.15) is 27.2 Å². The van der Waals surface area contributed by atoms with Crippen molar-refractivity contribution in [1.82, 2.24) is 10.2 Å². The summed E-state index contributed by atoms with van der Waals surface area (Å²) in [6.45, 7) is 4.95. The van der Waals surface area contributed by atoms with E-state index in [4.69, 9.17) is 5.26 Å². The monoisotopic (exact) mass is 255 g/mol. The molecule has 1 fully saturated rings. The second-order valence-corrected chi connectivity index (χ2v) is 5.01. The molecule has 100 valence electrons. The van der Waals surface area contributed by atoms with Crippen LogP contribution in [-0.2, 0) is 9.59 Å². The Balaban J connectivity index is 2.74. The molecule has 18 heavy (non-hydrogen) atoms. The van der Waals surface area contributed by atoms with Crippen LogP contribution < -0.4 is 5.32 Å². The lowest BCUT2D eigenvalue weighted by Crippen LogP contribution is -2.50. The van der Waals surface area contributed by atoms with E-state index < -0.39 is 11.7 Å². The van der Waals surface area contributed by atoms with E-state index in [9.17, 15) is 14.0 Å². The Labute approximate surface area is 106 Å². The third-order valence-electron chi connectivity index (χ3n) is 3.02. The van der Waals surface area contributed by atoms with Crippen LogP contribution >= 0.6 is 0 Å². The van der Waals surface area contributed by atoms with E-state index in [2.05, 4.69) is 5.32 Å². The molecule has 0 aliphatic carbocycles. The van der Waals surface area contributed by atoms with E-state index in [1.807, 2.05) is 13.8 Å². The molecule has 0 saturated carbocycles. The van der Waals surface area contributed by atoms with E-state index in [0.29, 0.717) is 0 Å². The van der Waals surface area contributed by atoms with Gasteiger partial charge in [0.05, 0.1) is 6.54 Å². The molecular weight excluding hydrogens is 237 g/mol. The normalized spacial score (nSPS) is 24.8. The summed E-state index contributed by atoms with van der Waals surface area (Å²) >= 11 is 0. The molecule has 0 aromatic heterocycles. The lowest BCUT2D eigenvalue weighted by atomic mass is 10.0. The van der Waals surface area contributed by atoms with Gasteiger partial charge in [-0.1, -0.05) is 13.8 Å². The van der Waals surface area contributed by atoms with E-state index in [-0.39, 0.29) is 37.2 Å². The molecule has 2 atom stereocenters. The summed E-state index contributed by atoms with van der Waals surface area (Å²) in [4.78, 5) is 24.5. The number of nitriles is 1. The first-order chi connectivity index (χ1) is 8.29. The molecule has 1 rings (SSSR count). The van der Waals surface area contributed by atoms with Crippen LogP contribution in [0.15, 0.2) is 0 Å². The smallest absolute Gasteiger partial charge is 0.245 e. The van der Waals surface area contributed by atoms with Gasteiger partial charge in [0.1, 0.15) is 12.1 Å². The number of likely N-dealkylation sites (tertiary alicyclic amines) is 1. The second kappa shape index (κ2) is 5.34. The Bertz CT molecular complexity index is 391. The lowest BCUT2D eigenvalue weighted by molar-refractivity contribution is -0.136. The largest absolute Gasteiger partial charge is 0.344 e. The van der Waals surface area contributed by atoms with Crippen molar-refractivity contribution in [1.29, 1.82) is 5.26 Å². The Morgan fingerprint density at radius 3 is 2.50 bits per heavy atom. The van der Waals surface area contributed by atoms with Crippen molar-refractivity contribution in [2.24, 2.45) is 5.92 Å². The molecule has 1 aliphatic heterocycles. The molecule has 0 aromatic rings. The van der Waals surface area contributed by atoms with Gasteiger partial charge in [0.15, 0.2) is 0 Å². The zero-order valence-electron chi connectivity index (χ0n) is 10.9. The highest BCUT2D eigenvalue weighted by Gasteiger charge is 2.42. The number of amides is 2. The Morgan fingerprint density at radius 1 is 1.50 bits per heavy atom. The number of hydrogen-bond donors (Lipinski definition) is 1. The molecule has 0 radical (unpaired) electrons. The predicted octanol–water partition coefficient (Wildman–Crippen LogP) is 0.611. The average molecular weight is 255 g/mol. The maximum atomic E-state index is 13.7. The molecular formula is C12H18FN3O2. The predicted molar refractivity (Wildman–Crippen MR) is 63.1 cm³/mol. The van der Waals surface area contributed by atoms with Gasteiger partial charge in [-0.3, -0.25) is 9.59 Å². The van der Waals surface area contributed by atoms with Crippen LogP contribution in [0, 0.1) is 17.2 Å². The number of carbonyl (C=O) groups is 2.